The fourth-order valence-electron chi connectivity index (χ4n) is 2.37. The molecule has 0 unspecified atom stereocenters. The van der Waals surface area contributed by atoms with Gasteiger partial charge in [0.2, 0.25) is 11.7 Å². The molecule has 6 nitrogen and oxygen atoms in total. The first-order valence-electron chi connectivity index (χ1n) is 8.90. The van der Waals surface area contributed by atoms with Gasteiger partial charge in [-0.15, -0.1) is 11.8 Å². The van der Waals surface area contributed by atoms with Crippen LogP contribution in [0.1, 0.15) is 27.6 Å². The zero-order valence-corrected chi connectivity index (χ0v) is 17.0. The second kappa shape index (κ2) is 11.3. The van der Waals surface area contributed by atoms with Crippen LogP contribution in [-0.4, -0.2) is 49.8 Å². The van der Waals surface area contributed by atoms with E-state index in [2.05, 4.69) is 5.32 Å². The highest BCUT2D eigenvalue weighted by atomic mass is 32.2. The van der Waals surface area contributed by atoms with Gasteiger partial charge in [0.15, 0.2) is 6.10 Å². The first-order valence-corrected chi connectivity index (χ1v) is 9.89. The zero-order valence-electron chi connectivity index (χ0n) is 16.1. The molecule has 0 spiro atoms. The molecule has 2 aromatic rings. The summed E-state index contributed by atoms with van der Waals surface area (Å²) in [5.41, 5.74) is 0.517. The van der Waals surface area contributed by atoms with E-state index in [9.17, 15) is 18.8 Å². The number of ether oxygens (including phenoxy) is 2. The largest absolute Gasteiger partial charge is 0.451 e. The Bertz CT molecular complexity index is 856. The Hall–Kier alpha value is -2.71. The van der Waals surface area contributed by atoms with Gasteiger partial charge in [0.1, 0.15) is 5.82 Å². The maximum absolute atomic E-state index is 13.0. The summed E-state index contributed by atoms with van der Waals surface area (Å²) in [6, 6.07) is 11.7. The lowest BCUT2D eigenvalue weighted by Gasteiger charge is -2.14. The van der Waals surface area contributed by atoms with E-state index >= 15 is 0 Å². The minimum absolute atomic E-state index is 0.123. The number of esters is 1. The molecule has 29 heavy (non-hydrogen) atoms. The summed E-state index contributed by atoms with van der Waals surface area (Å²) < 4.78 is 23.2. The Kier molecular flexibility index (Phi) is 8.82. The van der Waals surface area contributed by atoms with Gasteiger partial charge in [-0.2, -0.15) is 0 Å². The number of amides is 1. The van der Waals surface area contributed by atoms with Gasteiger partial charge >= 0.3 is 5.97 Å². The first kappa shape index (κ1) is 22.6. The van der Waals surface area contributed by atoms with Crippen molar-refractivity contribution in [3.05, 3.63) is 65.5 Å². The molecule has 0 aliphatic carbocycles. The third-order valence-corrected chi connectivity index (χ3v) is 4.95. The molecular weight excluding hydrogens is 397 g/mol. The number of ketones is 1. The molecule has 8 heteroatoms. The Morgan fingerprint density at radius 1 is 1.10 bits per heavy atom. The summed E-state index contributed by atoms with van der Waals surface area (Å²) in [7, 11) is 1.55. The van der Waals surface area contributed by atoms with E-state index in [-0.39, 0.29) is 22.8 Å². The fourth-order valence-corrected chi connectivity index (χ4v) is 3.24. The van der Waals surface area contributed by atoms with Crippen LogP contribution in [0.4, 0.5) is 4.39 Å². The molecule has 0 heterocycles. The van der Waals surface area contributed by atoms with Crippen LogP contribution in [-0.2, 0) is 14.3 Å². The van der Waals surface area contributed by atoms with Crippen molar-refractivity contribution in [1.29, 1.82) is 0 Å². The highest BCUT2D eigenvalue weighted by Crippen LogP contribution is 2.24. The molecule has 0 saturated carbocycles. The summed E-state index contributed by atoms with van der Waals surface area (Å²) in [5.74, 6) is -1.62. The molecule has 1 amide bonds. The van der Waals surface area contributed by atoms with Crippen LogP contribution < -0.4 is 5.32 Å². The molecule has 0 aliphatic heterocycles. The molecule has 1 N–H and O–H groups in total. The molecule has 2 aromatic carbocycles. The van der Waals surface area contributed by atoms with Gasteiger partial charge in [-0.3, -0.25) is 9.59 Å². The van der Waals surface area contributed by atoms with E-state index in [0.717, 1.165) is 0 Å². The topological polar surface area (TPSA) is 81.7 Å². The van der Waals surface area contributed by atoms with Gasteiger partial charge in [0.05, 0.1) is 17.9 Å². The summed E-state index contributed by atoms with van der Waals surface area (Å²) in [5, 5.41) is 2.70. The van der Waals surface area contributed by atoms with Crippen LogP contribution in [0.25, 0.3) is 0 Å². The van der Waals surface area contributed by atoms with Crippen LogP contribution in [0.15, 0.2) is 53.4 Å². The number of carbonyl (C=O) groups is 3. The Balaban J connectivity index is 1.99. The minimum Gasteiger partial charge on any atom is -0.451 e. The predicted molar refractivity (Wildman–Crippen MR) is 108 cm³/mol. The summed E-state index contributed by atoms with van der Waals surface area (Å²) in [4.78, 5) is 37.4. The molecule has 154 valence electrons. The number of thioether (sulfide) groups is 1. The van der Waals surface area contributed by atoms with Crippen molar-refractivity contribution in [3.8, 4) is 0 Å². The van der Waals surface area contributed by atoms with Crippen molar-refractivity contribution in [2.24, 2.45) is 0 Å². The molecule has 2 rings (SSSR count). The number of methoxy groups -OCH3 is 1. The number of benzene rings is 2. The van der Waals surface area contributed by atoms with Gasteiger partial charge < -0.3 is 14.8 Å². The van der Waals surface area contributed by atoms with E-state index in [4.69, 9.17) is 9.47 Å². The number of carbonyl (C=O) groups excluding carboxylic acids is 3. The maximum Gasteiger partial charge on any atom is 0.339 e. The van der Waals surface area contributed by atoms with E-state index < -0.39 is 23.7 Å². The fraction of sp³-hybridized carbons (Fsp3) is 0.286. The monoisotopic (exact) mass is 419 g/mol. The van der Waals surface area contributed by atoms with Crippen molar-refractivity contribution in [1.82, 2.24) is 5.32 Å². The normalized spacial score (nSPS) is 11.6. The highest BCUT2D eigenvalue weighted by molar-refractivity contribution is 8.00. The lowest BCUT2D eigenvalue weighted by molar-refractivity contribution is -0.118. The number of Topliss-reactive ketones (excluding diaryl/α,β-unsaturated/α-hetero) is 1. The number of nitrogens with one attached hydrogen (secondary N) is 1. The van der Waals surface area contributed by atoms with Gasteiger partial charge in [0.25, 0.3) is 0 Å². The Labute approximate surface area is 172 Å². The smallest absolute Gasteiger partial charge is 0.339 e. The third-order valence-electron chi connectivity index (χ3n) is 3.88. The molecule has 0 saturated heterocycles. The maximum atomic E-state index is 13.0. The molecular formula is C21H22FNO5S. The molecule has 0 radical (unpaired) electrons. The summed E-state index contributed by atoms with van der Waals surface area (Å²) >= 11 is 1.19. The average Bonchev–Trinajstić information content (AvgIpc) is 2.72. The summed E-state index contributed by atoms with van der Waals surface area (Å²) in [6.45, 7) is 2.28. The number of hydrogen-bond acceptors (Lipinski definition) is 6. The lowest BCUT2D eigenvalue weighted by Crippen LogP contribution is -2.28. The number of halogens is 1. The van der Waals surface area contributed by atoms with Gasteiger partial charge in [-0.1, -0.05) is 12.1 Å². The van der Waals surface area contributed by atoms with Crippen LogP contribution in [0.3, 0.4) is 0 Å². The first-order chi connectivity index (χ1) is 13.9. The van der Waals surface area contributed by atoms with Gasteiger partial charge in [-0.05, 0) is 43.3 Å². The third kappa shape index (κ3) is 6.99. The van der Waals surface area contributed by atoms with Gasteiger partial charge in [-0.25, -0.2) is 9.18 Å². The molecule has 1 atom stereocenters. The van der Waals surface area contributed by atoms with E-state index in [1.165, 1.54) is 43.0 Å². The van der Waals surface area contributed by atoms with E-state index in [1.807, 2.05) is 0 Å². The second-order valence-corrected chi connectivity index (χ2v) is 7.06. The molecule has 0 aliphatic rings. The minimum atomic E-state index is -1.04. The van der Waals surface area contributed by atoms with Crippen LogP contribution in [0, 0.1) is 5.82 Å². The zero-order chi connectivity index (χ0) is 21.2. The molecule has 0 fully saturated rings. The van der Waals surface area contributed by atoms with Crippen molar-refractivity contribution in [3.63, 3.8) is 0 Å². The Morgan fingerprint density at radius 3 is 2.48 bits per heavy atom. The quantitative estimate of drug-likeness (QED) is 0.276. The average molecular weight is 419 g/mol. The second-order valence-electron chi connectivity index (χ2n) is 6.05. The highest BCUT2D eigenvalue weighted by Gasteiger charge is 2.22. The SMILES string of the molecule is COCCNC(=O)CSc1ccccc1C(=O)O[C@@H](C)C(=O)c1ccc(F)cc1. The van der Waals surface area contributed by atoms with Crippen LogP contribution in [0.5, 0.6) is 0 Å². The number of rotatable bonds is 10. The molecule has 0 bridgehead atoms. The predicted octanol–water partition coefficient (Wildman–Crippen LogP) is 3.11. The standard InChI is InChI=1S/C21H22FNO5S/c1-14(20(25)15-7-9-16(22)10-8-15)28-21(26)17-5-3-4-6-18(17)29-13-19(24)23-11-12-27-2/h3-10,14H,11-13H2,1-2H3,(H,23,24)/t14-/m0/s1. The van der Waals surface area contributed by atoms with Crippen molar-refractivity contribution < 1.29 is 28.2 Å². The summed E-state index contributed by atoms with van der Waals surface area (Å²) in [6.07, 6.45) is -1.04. The molecule has 0 aromatic heterocycles. The number of hydrogen-bond donors (Lipinski definition) is 1. The van der Waals surface area contributed by atoms with Gasteiger partial charge in [0, 0.05) is 24.1 Å². The van der Waals surface area contributed by atoms with E-state index in [0.29, 0.717) is 18.0 Å². The van der Waals surface area contributed by atoms with E-state index in [1.54, 1.807) is 31.4 Å². The van der Waals surface area contributed by atoms with Crippen LogP contribution in [0.2, 0.25) is 0 Å². The Morgan fingerprint density at radius 2 is 1.79 bits per heavy atom. The van der Waals surface area contributed by atoms with Crippen molar-refractivity contribution in [2.75, 3.05) is 26.0 Å². The van der Waals surface area contributed by atoms with Crippen molar-refractivity contribution >= 4 is 29.4 Å². The van der Waals surface area contributed by atoms with Crippen LogP contribution >= 0.6 is 11.8 Å². The van der Waals surface area contributed by atoms with Crippen molar-refractivity contribution in [2.45, 2.75) is 17.9 Å². The lowest BCUT2D eigenvalue weighted by atomic mass is 10.1.